The van der Waals surface area contributed by atoms with E-state index in [2.05, 4.69) is 26.9 Å². The molecule has 0 amide bonds. The van der Waals surface area contributed by atoms with Gasteiger partial charge in [-0.25, -0.2) is 0 Å². The number of pyridine rings is 1. The molecule has 0 bridgehead atoms. The molecule has 0 spiro atoms. The van der Waals surface area contributed by atoms with E-state index in [0.717, 1.165) is 38.6 Å². The van der Waals surface area contributed by atoms with E-state index in [9.17, 15) is 0 Å². The van der Waals surface area contributed by atoms with Gasteiger partial charge in [0, 0.05) is 50.1 Å². The first-order valence-electron chi connectivity index (χ1n) is 5.83. The summed E-state index contributed by atoms with van der Waals surface area (Å²) in [5, 5.41) is 0. The number of anilines is 1. The summed E-state index contributed by atoms with van der Waals surface area (Å²) in [6, 6.07) is 4.16. The Morgan fingerprint density at radius 2 is 1.94 bits per heavy atom. The SMILES string of the molecule is ClCCN1CCCN(c2ccncc2)CC1. The van der Waals surface area contributed by atoms with Crippen LogP contribution in [0.1, 0.15) is 6.42 Å². The van der Waals surface area contributed by atoms with Crippen molar-refractivity contribution in [3.63, 3.8) is 0 Å². The summed E-state index contributed by atoms with van der Waals surface area (Å²) in [4.78, 5) is 8.92. The molecule has 16 heavy (non-hydrogen) atoms. The summed E-state index contributed by atoms with van der Waals surface area (Å²) in [6.07, 6.45) is 4.92. The van der Waals surface area contributed by atoms with E-state index < -0.39 is 0 Å². The molecule has 0 N–H and O–H groups in total. The zero-order chi connectivity index (χ0) is 11.2. The Hall–Kier alpha value is -0.800. The van der Waals surface area contributed by atoms with Crippen LogP contribution in [0.4, 0.5) is 5.69 Å². The van der Waals surface area contributed by atoms with Gasteiger partial charge in [0.15, 0.2) is 0 Å². The van der Waals surface area contributed by atoms with Crippen LogP contribution in [0.25, 0.3) is 0 Å². The lowest BCUT2D eigenvalue weighted by Crippen LogP contribution is -2.31. The average molecular weight is 240 g/mol. The molecular weight excluding hydrogens is 222 g/mol. The number of halogens is 1. The van der Waals surface area contributed by atoms with Gasteiger partial charge < -0.3 is 9.80 Å². The van der Waals surface area contributed by atoms with E-state index in [4.69, 9.17) is 11.6 Å². The molecule has 88 valence electrons. The molecule has 1 saturated heterocycles. The first-order valence-corrected chi connectivity index (χ1v) is 6.37. The van der Waals surface area contributed by atoms with Crippen molar-refractivity contribution in [1.29, 1.82) is 0 Å². The maximum Gasteiger partial charge on any atom is 0.0397 e. The van der Waals surface area contributed by atoms with Gasteiger partial charge in [-0.05, 0) is 25.1 Å². The van der Waals surface area contributed by atoms with Gasteiger partial charge in [-0.2, -0.15) is 0 Å². The summed E-state index contributed by atoms with van der Waals surface area (Å²) in [7, 11) is 0. The first kappa shape index (κ1) is 11.7. The normalized spacial score (nSPS) is 18.4. The van der Waals surface area contributed by atoms with Gasteiger partial charge in [-0.1, -0.05) is 0 Å². The molecule has 2 rings (SSSR count). The lowest BCUT2D eigenvalue weighted by atomic mass is 10.3. The molecule has 0 aromatic carbocycles. The molecule has 1 aromatic heterocycles. The van der Waals surface area contributed by atoms with E-state index in [1.165, 1.54) is 12.1 Å². The van der Waals surface area contributed by atoms with Crippen LogP contribution in [-0.4, -0.2) is 48.5 Å². The van der Waals surface area contributed by atoms with Gasteiger partial charge in [-0.15, -0.1) is 11.6 Å². The molecule has 0 radical (unpaired) electrons. The second-order valence-corrected chi connectivity index (χ2v) is 4.45. The van der Waals surface area contributed by atoms with Crippen molar-refractivity contribution in [2.45, 2.75) is 6.42 Å². The van der Waals surface area contributed by atoms with Gasteiger partial charge in [0.2, 0.25) is 0 Å². The number of rotatable bonds is 3. The molecule has 2 heterocycles. The Balaban J connectivity index is 1.94. The number of alkyl halides is 1. The summed E-state index contributed by atoms with van der Waals surface area (Å²) < 4.78 is 0. The monoisotopic (exact) mass is 239 g/mol. The van der Waals surface area contributed by atoms with Gasteiger partial charge in [-0.3, -0.25) is 4.98 Å². The minimum absolute atomic E-state index is 0.731. The highest BCUT2D eigenvalue weighted by molar-refractivity contribution is 6.18. The highest BCUT2D eigenvalue weighted by Gasteiger charge is 2.14. The number of hydrogen-bond acceptors (Lipinski definition) is 3. The van der Waals surface area contributed by atoms with Crippen LogP contribution in [0.15, 0.2) is 24.5 Å². The average Bonchev–Trinajstić information content (AvgIpc) is 2.57. The third-order valence-electron chi connectivity index (χ3n) is 3.02. The summed E-state index contributed by atoms with van der Waals surface area (Å²) >= 11 is 5.78. The van der Waals surface area contributed by atoms with Crippen LogP contribution >= 0.6 is 11.6 Å². The van der Waals surface area contributed by atoms with Crippen molar-refractivity contribution in [3.05, 3.63) is 24.5 Å². The molecule has 3 nitrogen and oxygen atoms in total. The molecule has 0 saturated carbocycles. The Morgan fingerprint density at radius 3 is 2.69 bits per heavy atom. The number of hydrogen-bond donors (Lipinski definition) is 0. The molecular formula is C12H18ClN3. The number of aromatic nitrogens is 1. The topological polar surface area (TPSA) is 19.4 Å². The maximum absolute atomic E-state index is 5.78. The van der Waals surface area contributed by atoms with E-state index in [1.807, 2.05) is 12.4 Å². The molecule has 0 unspecified atom stereocenters. The standard InChI is InChI=1S/C12H18ClN3/c13-4-9-15-7-1-8-16(11-10-15)12-2-5-14-6-3-12/h2-3,5-6H,1,4,7-11H2. The fourth-order valence-corrected chi connectivity index (χ4v) is 2.37. The molecule has 4 heteroatoms. The highest BCUT2D eigenvalue weighted by Crippen LogP contribution is 2.14. The van der Waals surface area contributed by atoms with Crippen LogP contribution in [0.2, 0.25) is 0 Å². The van der Waals surface area contributed by atoms with Crippen LogP contribution in [0.5, 0.6) is 0 Å². The van der Waals surface area contributed by atoms with Crippen molar-refractivity contribution in [3.8, 4) is 0 Å². The third kappa shape index (κ3) is 3.09. The minimum atomic E-state index is 0.731. The maximum atomic E-state index is 5.78. The van der Waals surface area contributed by atoms with Crippen molar-refractivity contribution in [1.82, 2.24) is 9.88 Å². The zero-order valence-electron chi connectivity index (χ0n) is 9.48. The highest BCUT2D eigenvalue weighted by atomic mass is 35.5. The quantitative estimate of drug-likeness (QED) is 0.751. The van der Waals surface area contributed by atoms with Crippen molar-refractivity contribution < 1.29 is 0 Å². The first-order chi connectivity index (χ1) is 7.90. The fourth-order valence-electron chi connectivity index (χ4n) is 2.13. The lowest BCUT2D eigenvalue weighted by molar-refractivity contribution is 0.311. The largest absolute Gasteiger partial charge is 0.370 e. The molecule has 1 aliphatic heterocycles. The zero-order valence-corrected chi connectivity index (χ0v) is 10.2. The van der Waals surface area contributed by atoms with Crippen LogP contribution in [0, 0.1) is 0 Å². The number of nitrogens with zero attached hydrogens (tertiary/aromatic N) is 3. The lowest BCUT2D eigenvalue weighted by Gasteiger charge is -2.23. The van der Waals surface area contributed by atoms with E-state index in [0.29, 0.717) is 0 Å². The van der Waals surface area contributed by atoms with Crippen molar-refractivity contribution >= 4 is 17.3 Å². The van der Waals surface area contributed by atoms with Gasteiger partial charge in [0.25, 0.3) is 0 Å². The third-order valence-corrected chi connectivity index (χ3v) is 3.19. The predicted octanol–water partition coefficient (Wildman–Crippen LogP) is 1.83. The van der Waals surface area contributed by atoms with Crippen LogP contribution in [-0.2, 0) is 0 Å². The summed E-state index contributed by atoms with van der Waals surface area (Å²) in [5.41, 5.74) is 1.28. The van der Waals surface area contributed by atoms with Crippen LogP contribution < -0.4 is 4.90 Å². The fraction of sp³-hybridized carbons (Fsp3) is 0.583. The molecule has 1 aliphatic rings. The van der Waals surface area contributed by atoms with Crippen LogP contribution in [0.3, 0.4) is 0 Å². The van der Waals surface area contributed by atoms with Crippen molar-refractivity contribution in [2.75, 3.05) is 43.5 Å². The molecule has 1 fully saturated rings. The summed E-state index contributed by atoms with van der Waals surface area (Å²) in [6.45, 7) is 5.48. The van der Waals surface area contributed by atoms with E-state index in [-0.39, 0.29) is 0 Å². The van der Waals surface area contributed by atoms with Gasteiger partial charge >= 0.3 is 0 Å². The predicted molar refractivity (Wildman–Crippen MR) is 68.2 cm³/mol. The second-order valence-electron chi connectivity index (χ2n) is 4.08. The van der Waals surface area contributed by atoms with Gasteiger partial charge in [0.1, 0.15) is 0 Å². The molecule has 0 atom stereocenters. The Bertz CT molecular complexity index is 304. The van der Waals surface area contributed by atoms with E-state index in [1.54, 1.807) is 0 Å². The van der Waals surface area contributed by atoms with Gasteiger partial charge in [0.05, 0.1) is 0 Å². The van der Waals surface area contributed by atoms with E-state index >= 15 is 0 Å². The Labute approximate surface area is 102 Å². The molecule has 0 aliphatic carbocycles. The summed E-state index contributed by atoms with van der Waals surface area (Å²) in [5.74, 6) is 0.731. The smallest absolute Gasteiger partial charge is 0.0397 e. The van der Waals surface area contributed by atoms with Crippen molar-refractivity contribution in [2.24, 2.45) is 0 Å². The molecule has 1 aromatic rings. The second kappa shape index (κ2) is 6.06. The Morgan fingerprint density at radius 1 is 1.12 bits per heavy atom. The minimum Gasteiger partial charge on any atom is -0.370 e. The Kier molecular flexibility index (Phi) is 4.43.